The first kappa shape index (κ1) is 11.9. The van der Waals surface area contributed by atoms with Gasteiger partial charge in [-0.2, -0.15) is 5.26 Å². The van der Waals surface area contributed by atoms with Crippen molar-refractivity contribution >= 4 is 22.5 Å². The quantitative estimate of drug-likeness (QED) is 0.747. The zero-order valence-electron chi connectivity index (χ0n) is 9.87. The molecule has 0 atom stereocenters. The molecule has 2 rings (SSSR count). The van der Waals surface area contributed by atoms with Gasteiger partial charge in [0.1, 0.15) is 5.15 Å². The van der Waals surface area contributed by atoms with Crippen LogP contribution in [0.1, 0.15) is 30.9 Å². The van der Waals surface area contributed by atoms with Crippen LogP contribution in [0, 0.1) is 11.3 Å². The van der Waals surface area contributed by atoms with Gasteiger partial charge in [-0.3, -0.25) is 0 Å². The zero-order chi connectivity index (χ0) is 12.4. The van der Waals surface area contributed by atoms with E-state index >= 15 is 0 Å². The first-order valence-corrected chi connectivity index (χ1v) is 5.96. The third-order valence-corrected chi connectivity index (χ3v) is 3.12. The van der Waals surface area contributed by atoms with Crippen molar-refractivity contribution in [2.24, 2.45) is 0 Å². The lowest BCUT2D eigenvalue weighted by molar-refractivity contribution is 0.872. The number of nitrogens with zero attached hydrogens (tertiary/aromatic N) is 2. The van der Waals surface area contributed by atoms with Gasteiger partial charge in [-0.25, -0.2) is 4.98 Å². The number of para-hydroxylation sites is 1. The van der Waals surface area contributed by atoms with Crippen LogP contribution in [0.25, 0.3) is 10.9 Å². The topological polar surface area (TPSA) is 36.7 Å². The first-order valence-electron chi connectivity index (χ1n) is 5.58. The minimum absolute atomic E-state index is 0.299. The summed E-state index contributed by atoms with van der Waals surface area (Å²) in [5.41, 5.74) is 2.92. The van der Waals surface area contributed by atoms with Gasteiger partial charge in [-0.05, 0) is 17.5 Å². The van der Waals surface area contributed by atoms with E-state index in [4.69, 9.17) is 16.9 Å². The monoisotopic (exact) mass is 244 g/mol. The Hall–Kier alpha value is -1.59. The molecule has 1 aromatic carbocycles. The van der Waals surface area contributed by atoms with Gasteiger partial charge in [0.25, 0.3) is 0 Å². The van der Waals surface area contributed by atoms with Crippen LogP contribution >= 0.6 is 11.6 Å². The minimum atomic E-state index is 0.299. The number of benzene rings is 1. The summed E-state index contributed by atoms with van der Waals surface area (Å²) in [6.07, 6.45) is 0.299. The first-order chi connectivity index (χ1) is 8.13. The summed E-state index contributed by atoms with van der Waals surface area (Å²) in [4.78, 5) is 4.43. The largest absolute Gasteiger partial charge is 0.235 e. The van der Waals surface area contributed by atoms with Crippen LogP contribution in [0.15, 0.2) is 24.3 Å². The highest BCUT2D eigenvalue weighted by atomic mass is 35.5. The Kier molecular flexibility index (Phi) is 3.31. The molecule has 2 nitrogen and oxygen atoms in total. The predicted octanol–water partition coefficient (Wildman–Crippen LogP) is 4.08. The van der Waals surface area contributed by atoms with Crippen molar-refractivity contribution in [1.29, 1.82) is 5.26 Å². The second kappa shape index (κ2) is 4.73. The molecule has 2 aromatic rings. The molecule has 86 valence electrons. The van der Waals surface area contributed by atoms with Crippen LogP contribution in [-0.2, 0) is 6.42 Å². The van der Waals surface area contributed by atoms with Crippen LogP contribution in [0.4, 0.5) is 0 Å². The van der Waals surface area contributed by atoms with Gasteiger partial charge in [0.15, 0.2) is 0 Å². The molecular weight excluding hydrogens is 232 g/mol. The lowest BCUT2D eigenvalue weighted by Gasteiger charge is -2.10. The van der Waals surface area contributed by atoms with E-state index in [1.807, 2.05) is 18.2 Å². The number of halogens is 1. The maximum Gasteiger partial charge on any atom is 0.134 e. The number of hydrogen-bond acceptors (Lipinski definition) is 2. The van der Waals surface area contributed by atoms with E-state index in [-0.39, 0.29) is 0 Å². The summed E-state index contributed by atoms with van der Waals surface area (Å²) in [5, 5.41) is 10.2. The summed E-state index contributed by atoms with van der Waals surface area (Å²) in [5.74, 6) is 0.407. The Morgan fingerprint density at radius 2 is 2.18 bits per heavy atom. The van der Waals surface area contributed by atoms with Gasteiger partial charge in [-0.1, -0.05) is 43.6 Å². The molecule has 0 bridgehead atoms. The summed E-state index contributed by atoms with van der Waals surface area (Å²) in [6, 6.07) is 10.2. The van der Waals surface area contributed by atoms with E-state index in [2.05, 4.69) is 31.0 Å². The predicted molar refractivity (Wildman–Crippen MR) is 70.2 cm³/mol. The molecule has 17 heavy (non-hydrogen) atoms. The normalized spacial score (nSPS) is 10.8. The van der Waals surface area contributed by atoms with Crippen LogP contribution < -0.4 is 0 Å². The fourth-order valence-corrected chi connectivity index (χ4v) is 2.12. The van der Waals surface area contributed by atoms with Gasteiger partial charge in [0.2, 0.25) is 0 Å². The van der Waals surface area contributed by atoms with Crippen molar-refractivity contribution in [3.05, 3.63) is 40.5 Å². The third kappa shape index (κ3) is 2.25. The van der Waals surface area contributed by atoms with Crippen LogP contribution in [-0.4, -0.2) is 4.98 Å². The number of rotatable bonds is 2. The second-order valence-corrected chi connectivity index (χ2v) is 4.70. The van der Waals surface area contributed by atoms with Crippen LogP contribution in [0.3, 0.4) is 0 Å². The van der Waals surface area contributed by atoms with Crippen molar-refractivity contribution in [3.8, 4) is 6.07 Å². The average Bonchev–Trinajstić information content (AvgIpc) is 2.29. The molecule has 0 saturated heterocycles. The Morgan fingerprint density at radius 3 is 2.82 bits per heavy atom. The molecule has 0 aliphatic heterocycles. The molecule has 1 aromatic heterocycles. The van der Waals surface area contributed by atoms with E-state index in [9.17, 15) is 0 Å². The number of pyridine rings is 1. The van der Waals surface area contributed by atoms with E-state index in [1.165, 1.54) is 5.56 Å². The standard InChI is InChI=1S/C14H13ClN2/c1-9(2)12-5-3-4-10-8-11(6-7-16)14(15)17-13(10)12/h3-5,8-9H,6H2,1-2H3. The zero-order valence-corrected chi connectivity index (χ0v) is 10.6. The Balaban J connectivity index is 2.70. The Bertz CT molecular complexity index is 597. The SMILES string of the molecule is CC(C)c1cccc2cc(CC#N)c(Cl)nc12. The minimum Gasteiger partial charge on any atom is -0.235 e. The molecule has 0 unspecified atom stereocenters. The highest BCUT2D eigenvalue weighted by Crippen LogP contribution is 2.27. The van der Waals surface area contributed by atoms with Gasteiger partial charge in [0, 0.05) is 10.9 Å². The molecule has 0 aliphatic rings. The highest BCUT2D eigenvalue weighted by molar-refractivity contribution is 6.30. The summed E-state index contributed by atoms with van der Waals surface area (Å²) >= 11 is 6.10. The third-order valence-electron chi connectivity index (χ3n) is 2.79. The molecule has 1 heterocycles. The number of hydrogen-bond donors (Lipinski definition) is 0. The summed E-state index contributed by atoms with van der Waals surface area (Å²) < 4.78 is 0. The van der Waals surface area contributed by atoms with Crippen LogP contribution in [0.2, 0.25) is 5.15 Å². The number of fused-ring (bicyclic) bond motifs is 1. The van der Waals surface area contributed by atoms with E-state index in [1.54, 1.807) is 0 Å². The molecule has 0 spiro atoms. The van der Waals surface area contributed by atoms with Crippen molar-refractivity contribution in [1.82, 2.24) is 4.98 Å². The smallest absolute Gasteiger partial charge is 0.134 e. The van der Waals surface area contributed by atoms with Gasteiger partial charge < -0.3 is 0 Å². The van der Waals surface area contributed by atoms with E-state index in [0.29, 0.717) is 17.5 Å². The van der Waals surface area contributed by atoms with Crippen molar-refractivity contribution in [2.45, 2.75) is 26.2 Å². The molecular formula is C14H13ClN2. The molecule has 0 aliphatic carbocycles. The average molecular weight is 245 g/mol. The second-order valence-electron chi connectivity index (χ2n) is 4.35. The fourth-order valence-electron chi connectivity index (χ4n) is 1.92. The lowest BCUT2D eigenvalue weighted by atomic mass is 9.99. The maximum atomic E-state index is 8.72. The molecule has 0 radical (unpaired) electrons. The number of aromatic nitrogens is 1. The molecule has 0 fully saturated rings. The van der Waals surface area contributed by atoms with E-state index < -0.39 is 0 Å². The molecule has 0 N–H and O–H groups in total. The molecule has 0 amide bonds. The fraction of sp³-hybridized carbons (Fsp3) is 0.286. The summed E-state index contributed by atoms with van der Waals surface area (Å²) in [7, 11) is 0. The van der Waals surface area contributed by atoms with Crippen molar-refractivity contribution < 1.29 is 0 Å². The Labute approximate surface area is 106 Å². The van der Waals surface area contributed by atoms with Crippen LogP contribution in [0.5, 0.6) is 0 Å². The number of nitriles is 1. The molecule has 0 saturated carbocycles. The van der Waals surface area contributed by atoms with Crippen molar-refractivity contribution in [2.75, 3.05) is 0 Å². The van der Waals surface area contributed by atoms with Gasteiger partial charge in [0.05, 0.1) is 18.0 Å². The van der Waals surface area contributed by atoms with E-state index in [0.717, 1.165) is 16.5 Å². The van der Waals surface area contributed by atoms with Gasteiger partial charge >= 0.3 is 0 Å². The van der Waals surface area contributed by atoms with Crippen molar-refractivity contribution in [3.63, 3.8) is 0 Å². The lowest BCUT2D eigenvalue weighted by Crippen LogP contribution is -1.95. The van der Waals surface area contributed by atoms with Gasteiger partial charge in [-0.15, -0.1) is 0 Å². The molecule has 3 heteroatoms. The Morgan fingerprint density at radius 1 is 1.41 bits per heavy atom. The highest BCUT2D eigenvalue weighted by Gasteiger charge is 2.09. The maximum absolute atomic E-state index is 8.72. The summed E-state index contributed by atoms with van der Waals surface area (Å²) in [6.45, 7) is 4.26.